The second kappa shape index (κ2) is 5.96. The lowest BCUT2D eigenvalue weighted by molar-refractivity contribution is 0.577. The molecule has 18 heavy (non-hydrogen) atoms. The molecule has 0 saturated carbocycles. The minimum Gasteiger partial charge on any atom is -0.351 e. The first kappa shape index (κ1) is 13.0. The second-order valence-electron chi connectivity index (χ2n) is 5.18. The highest BCUT2D eigenvalue weighted by Gasteiger charge is 2.12. The lowest BCUT2D eigenvalue weighted by atomic mass is 10.1. The van der Waals surface area contributed by atoms with Gasteiger partial charge in [-0.2, -0.15) is 5.10 Å². The van der Waals surface area contributed by atoms with Crippen LogP contribution in [0.15, 0.2) is 23.8 Å². The highest BCUT2D eigenvalue weighted by molar-refractivity contribution is 5.40. The van der Waals surface area contributed by atoms with E-state index in [0.717, 1.165) is 37.6 Å². The Morgan fingerprint density at radius 1 is 1.33 bits per heavy atom. The van der Waals surface area contributed by atoms with Gasteiger partial charge in [0.1, 0.15) is 0 Å². The van der Waals surface area contributed by atoms with Gasteiger partial charge in [0.05, 0.1) is 5.69 Å². The first-order chi connectivity index (χ1) is 8.65. The Morgan fingerprint density at radius 3 is 2.78 bits per heavy atom. The van der Waals surface area contributed by atoms with Crippen LogP contribution in [0.1, 0.15) is 32.9 Å². The normalized spacial score (nSPS) is 16.0. The van der Waals surface area contributed by atoms with Crippen LogP contribution in [0, 0.1) is 0 Å². The molecule has 4 heteroatoms. The molecule has 0 unspecified atom stereocenters. The van der Waals surface area contributed by atoms with Crippen LogP contribution < -0.4 is 10.2 Å². The smallest absolute Gasteiger partial charge is 0.151 e. The van der Waals surface area contributed by atoms with Gasteiger partial charge in [-0.05, 0) is 25.5 Å². The monoisotopic (exact) mass is 246 g/mol. The molecule has 0 saturated heterocycles. The summed E-state index contributed by atoms with van der Waals surface area (Å²) in [5.41, 5.74) is 2.41. The van der Waals surface area contributed by atoms with E-state index < -0.39 is 0 Å². The third kappa shape index (κ3) is 3.53. The molecular formula is C14H22N4. The van der Waals surface area contributed by atoms with Crippen LogP contribution >= 0.6 is 0 Å². The summed E-state index contributed by atoms with van der Waals surface area (Å²) in [6.45, 7) is 9.22. The molecule has 2 rings (SSSR count). The van der Waals surface area contributed by atoms with Gasteiger partial charge in [0.25, 0.3) is 0 Å². The molecule has 1 aromatic rings. The van der Waals surface area contributed by atoms with Crippen molar-refractivity contribution in [1.29, 1.82) is 0 Å². The van der Waals surface area contributed by atoms with E-state index in [9.17, 15) is 0 Å². The molecule has 0 bridgehead atoms. The molecule has 1 aliphatic rings. The maximum absolute atomic E-state index is 4.32. The molecule has 1 aromatic heterocycles. The van der Waals surface area contributed by atoms with Crippen molar-refractivity contribution in [2.75, 3.05) is 18.0 Å². The van der Waals surface area contributed by atoms with Gasteiger partial charge in [-0.15, -0.1) is 5.10 Å². The Morgan fingerprint density at radius 2 is 2.17 bits per heavy atom. The van der Waals surface area contributed by atoms with E-state index in [4.69, 9.17) is 0 Å². The molecule has 1 N–H and O–H groups in total. The predicted octanol–water partition coefficient (Wildman–Crippen LogP) is 2.13. The fourth-order valence-corrected chi connectivity index (χ4v) is 2.03. The minimum absolute atomic E-state index is 0.473. The van der Waals surface area contributed by atoms with Crippen LogP contribution in [-0.2, 0) is 6.54 Å². The zero-order valence-electron chi connectivity index (χ0n) is 11.5. The number of anilines is 1. The maximum Gasteiger partial charge on any atom is 0.151 e. The van der Waals surface area contributed by atoms with E-state index >= 15 is 0 Å². The molecular weight excluding hydrogens is 224 g/mol. The first-order valence-corrected chi connectivity index (χ1v) is 6.61. The van der Waals surface area contributed by atoms with Crippen molar-refractivity contribution in [3.05, 3.63) is 29.5 Å². The number of nitrogens with one attached hydrogen (secondary N) is 1. The Balaban J connectivity index is 1.97. The highest BCUT2D eigenvalue weighted by atomic mass is 15.3. The van der Waals surface area contributed by atoms with Gasteiger partial charge in [0, 0.05) is 25.7 Å². The topological polar surface area (TPSA) is 41.0 Å². The Bertz CT molecular complexity index is 408. The van der Waals surface area contributed by atoms with Crippen molar-refractivity contribution in [2.45, 2.75) is 39.8 Å². The van der Waals surface area contributed by atoms with Gasteiger partial charge in [-0.25, -0.2) is 0 Å². The van der Waals surface area contributed by atoms with Gasteiger partial charge in [0.2, 0.25) is 0 Å². The lowest BCUT2D eigenvalue weighted by Crippen LogP contribution is -2.30. The van der Waals surface area contributed by atoms with Crippen molar-refractivity contribution >= 4 is 5.82 Å². The molecule has 0 spiro atoms. The molecule has 0 atom stereocenters. The molecule has 1 aliphatic heterocycles. The van der Waals surface area contributed by atoms with Crippen molar-refractivity contribution in [2.24, 2.45) is 0 Å². The molecule has 0 radical (unpaired) electrons. The van der Waals surface area contributed by atoms with E-state index in [-0.39, 0.29) is 0 Å². The summed E-state index contributed by atoms with van der Waals surface area (Å²) < 4.78 is 0. The third-order valence-electron chi connectivity index (χ3n) is 3.05. The summed E-state index contributed by atoms with van der Waals surface area (Å²) >= 11 is 0. The molecule has 0 fully saturated rings. The molecule has 0 aromatic carbocycles. The summed E-state index contributed by atoms with van der Waals surface area (Å²) in [4.78, 5) is 2.28. The van der Waals surface area contributed by atoms with Crippen molar-refractivity contribution < 1.29 is 0 Å². The van der Waals surface area contributed by atoms with Crippen molar-refractivity contribution in [3.63, 3.8) is 0 Å². The summed E-state index contributed by atoms with van der Waals surface area (Å²) in [7, 11) is 0. The van der Waals surface area contributed by atoms with Crippen molar-refractivity contribution in [3.8, 4) is 0 Å². The Kier molecular flexibility index (Phi) is 4.31. The maximum atomic E-state index is 4.32. The van der Waals surface area contributed by atoms with Crippen LogP contribution in [0.25, 0.3) is 0 Å². The summed E-state index contributed by atoms with van der Waals surface area (Å²) in [6, 6.07) is 4.61. The van der Waals surface area contributed by atoms with Gasteiger partial charge >= 0.3 is 0 Å². The molecule has 0 amide bonds. The Hall–Kier alpha value is -1.42. The zero-order valence-corrected chi connectivity index (χ0v) is 11.5. The number of hydrogen-bond donors (Lipinski definition) is 1. The largest absolute Gasteiger partial charge is 0.351 e. The van der Waals surface area contributed by atoms with E-state index in [2.05, 4.69) is 59.4 Å². The van der Waals surface area contributed by atoms with Crippen LogP contribution in [-0.4, -0.2) is 29.3 Å². The van der Waals surface area contributed by atoms with Gasteiger partial charge in [-0.1, -0.05) is 25.5 Å². The summed E-state index contributed by atoms with van der Waals surface area (Å²) in [5, 5.41) is 11.9. The van der Waals surface area contributed by atoms with E-state index in [1.165, 1.54) is 5.57 Å². The van der Waals surface area contributed by atoms with Crippen LogP contribution in [0.2, 0.25) is 0 Å². The third-order valence-corrected chi connectivity index (χ3v) is 3.05. The highest BCUT2D eigenvalue weighted by Crippen LogP contribution is 2.16. The number of hydrogen-bond acceptors (Lipinski definition) is 4. The lowest BCUT2D eigenvalue weighted by Gasteiger charge is -2.26. The minimum atomic E-state index is 0.473. The SMILES string of the molecule is CC1=CCCN(c2ccc(CNC(C)C)nn2)C1. The number of aromatic nitrogens is 2. The number of rotatable bonds is 4. The fraction of sp³-hybridized carbons (Fsp3) is 0.571. The van der Waals surface area contributed by atoms with Crippen LogP contribution in [0.4, 0.5) is 5.82 Å². The molecule has 98 valence electrons. The van der Waals surface area contributed by atoms with Gasteiger partial charge < -0.3 is 10.2 Å². The molecule has 4 nitrogen and oxygen atoms in total. The molecule has 0 aliphatic carbocycles. The Labute approximate surface area is 109 Å². The zero-order chi connectivity index (χ0) is 13.0. The predicted molar refractivity (Wildman–Crippen MR) is 74.6 cm³/mol. The first-order valence-electron chi connectivity index (χ1n) is 6.61. The van der Waals surface area contributed by atoms with Gasteiger partial charge in [0.15, 0.2) is 5.82 Å². The second-order valence-corrected chi connectivity index (χ2v) is 5.18. The fourth-order valence-electron chi connectivity index (χ4n) is 2.03. The molecule has 2 heterocycles. The van der Waals surface area contributed by atoms with E-state index in [1.54, 1.807) is 0 Å². The number of nitrogens with zero attached hydrogens (tertiary/aromatic N) is 3. The standard InChI is InChI=1S/C14H22N4/c1-11(2)15-9-13-6-7-14(17-16-13)18-8-4-5-12(3)10-18/h5-7,11,15H,4,8-10H2,1-3H3. The van der Waals surface area contributed by atoms with Gasteiger partial charge in [-0.3, -0.25) is 0 Å². The average molecular weight is 246 g/mol. The summed E-state index contributed by atoms with van der Waals surface area (Å²) in [6.07, 6.45) is 3.40. The van der Waals surface area contributed by atoms with E-state index in [1.807, 2.05) is 0 Å². The van der Waals surface area contributed by atoms with Crippen molar-refractivity contribution in [1.82, 2.24) is 15.5 Å². The van der Waals surface area contributed by atoms with E-state index in [0.29, 0.717) is 6.04 Å². The quantitative estimate of drug-likeness (QED) is 0.826. The average Bonchev–Trinajstić information content (AvgIpc) is 2.37. The van der Waals surface area contributed by atoms with Crippen LogP contribution in [0.5, 0.6) is 0 Å². The van der Waals surface area contributed by atoms with Crippen LogP contribution in [0.3, 0.4) is 0 Å². The summed E-state index contributed by atoms with van der Waals surface area (Å²) in [5.74, 6) is 0.982.